The van der Waals surface area contributed by atoms with Crippen molar-refractivity contribution in [3.8, 4) is 0 Å². The van der Waals surface area contributed by atoms with Crippen molar-refractivity contribution >= 4 is 9.84 Å². The largest absolute Gasteiger partial charge is 0.297 e. The summed E-state index contributed by atoms with van der Waals surface area (Å²) in [5.41, 5.74) is 1.93. The fourth-order valence-corrected chi connectivity index (χ4v) is 4.10. The van der Waals surface area contributed by atoms with E-state index in [-0.39, 0.29) is 5.92 Å². The molecule has 0 amide bonds. The van der Waals surface area contributed by atoms with Crippen molar-refractivity contribution in [3.63, 3.8) is 0 Å². The van der Waals surface area contributed by atoms with Crippen LogP contribution in [0.1, 0.15) is 43.6 Å². The van der Waals surface area contributed by atoms with Crippen molar-refractivity contribution in [2.24, 2.45) is 0 Å². The molecule has 0 spiro atoms. The number of nitrogens with one attached hydrogen (secondary N) is 1. The highest BCUT2D eigenvalue weighted by Gasteiger charge is 2.30. The molecule has 0 aromatic carbocycles. The van der Waals surface area contributed by atoms with Crippen LogP contribution in [-0.2, 0) is 16.4 Å². The zero-order valence-corrected chi connectivity index (χ0v) is 14.5. The van der Waals surface area contributed by atoms with Crippen LogP contribution >= 0.6 is 0 Å². The highest BCUT2D eigenvalue weighted by molar-refractivity contribution is 7.90. The molecule has 2 aromatic heterocycles. The molecular weight excluding hydrogens is 314 g/mol. The molecule has 23 heavy (non-hydrogen) atoms. The minimum absolute atomic E-state index is 0.178. The molecule has 1 unspecified atom stereocenters. The Kier molecular flexibility index (Phi) is 4.29. The average Bonchev–Trinajstić information content (AvgIpc) is 3.17. The van der Waals surface area contributed by atoms with Crippen LogP contribution in [0.15, 0.2) is 23.4 Å². The first kappa shape index (κ1) is 16.2. The maximum absolute atomic E-state index is 11.8. The zero-order chi connectivity index (χ0) is 16.6. The quantitative estimate of drug-likeness (QED) is 0.895. The second-order valence-electron chi connectivity index (χ2n) is 6.50. The van der Waals surface area contributed by atoms with E-state index < -0.39 is 9.84 Å². The topological polar surface area (TPSA) is 83.9 Å². The summed E-state index contributed by atoms with van der Waals surface area (Å²) in [7, 11) is -3.24. The van der Waals surface area contributed by atoms with Crippen LogP contribution in [0.5, 0.6) is 0 Å². The Balaban J connectivity index is 1.72. The Morgan fingerprint density at radius 3 is 2.91 bits per heavy atom. The van der Waals surface area contributed by atoms with Crippen molar-refractivity contribution in [1.82, 2.24) is 24.9 Å². The lowest BCUT2D eigenvalue weighted by Gasteiger charge is -2.18. The van der Waals surface area contributed by atoms with Gasteiger partial charge in [-0.1, -0.05) is 0 Å². The first-order valence-electron chi connectivity index (χ1n) is 7.84. The van der Waals surface area contributed by atoms with Gasteiger partial charge in [0.25, 0.3) is 0 Å². The summed E-state index contributed by atoms with van der Waals surface area (Å²) in [6.45, 7) is 6.83. The number of H-pyrrole nitrogens is 1. The number of hydrogen-bond donors (Lipinski definition) is 1. The Hall–Kier alpha value is -1.67. The van der Waals surface area contributed by atoms with Gasteiger partial charge in [-0.05, 0) is 32.9 Å². The van der Waals surface area contributed by atoms with E-state index in [1.165, 1.54) is 18.1 Å². The zero-order valence-electron chi connectivity index (χ0n) is 13.7. The molecule has 0 aliphatic carbocycles. The monoisotopic (exact) mass is 337 g/mol. The van der Waals surface area contributed by atoms with Gasteiger partial charge >= 0.3 is 0 Å². The fraction of sp³-hybridized carbons (Fsp3) is 0.600. The van der Waals surface area contributed by atoms with Crippen LogP contribution in [-0.4, -0.2) is 52.6 Å². The van der Waals surface area contributed by atoms with E-state index in [9.17, 15) is 8.42 Å². The number of aromatic amines is 1. The predicted molar refractivity (Wildman–Crippen MR) is 86.9 cm³/mol. The molecule has 0 radical (unpaired) electrons. The highest BCUT2D eigenvalue weighted by atomic mass is 32.2. The van der Waals surface area contributed by atoms with Crippen molar-refractivity contribution in [2.75, 3.05) is 19.3 Å². The maximum atomic E-state index is 11.8. The predicted octanol–water partition coefficient (Wildman–Crippen LogP) is 1.58. The fourth-order valence-electron chi connectivity index (χ4n) is 3.25. The summed E-state index contributed by atoms with van der Waals surface area (Å²) < 4.78 is 25.7. The van der Waals surface area contributed by atoms with Crippen LogP contribution < -0.4 is 0 Å². The molecule has 2 aromatic rings. The lowest BCUT2D eigenvalue weighted by atomic mass is 10.1. The van der Waals surface area contributed by atoms with Crippen molar-refractivity contribution < 1.29 is 8.42 Å². The molecule has 1 aliphatic heterocycles. The lowest BCUT2D eigenvalue weighted by molar-refractivity contribution is 0.309. The van der Waals surface area contributed by atoms with Gasteiger partial charge < -0.3 is 0 Å². The third kappa shape index (κ3) is 3.32. The molecule has 1 fully saturated rings. The minimum atomic E-state index is -3.24. The third-order valence-corrected chi connectivity index (χ3v) is 5.46. The number of nitrogens with zero attached hydrogens (tertiary/aromatic N) is 4. The minimum Gasteiger partial charge on any atom is -0.297 e. The van der Waals surface area contributed by atoms with Gasteiger partial charge in [-0.2, -0.15) is 10.2 Å². The summed E-state index contributed by atoms with van der Waals surface area (Å²) >= 11 is 0. The smallest absolute Gasteiger partial charge is 0.178 e. The van der Waals surface area contributed by atoms with Gasteiger partial charge in [-0.25, -0.2) is 8.42 Å². The van der Waals surface area contributed by atoms with Crippen molar-refractivity contribution in [1.29, 1.82) is 0 Å². The third-order valence-electron chi connectivity index (χ3n) is 4.34. The lowest BCUT2D eigenvalue weighted by Crippen LogP contribution is -2.22. The molecule has 7 nitrogen and oxygen atoms in total. The van der Waals surface area contributed by atoms with E-state index >= 15 is 0 Å². The van der Waals surface area contributed by atoms with Crippen LogP contribution in [0.3, 0.4) is 0 Å². The van der Waals surface area contributed by atoms with Gasteiger partial charge in [-0.15, -0.1) is 0 Å². The number of sulfone groups is 1. The Bertz CT molecular complexity index is 777. The van der Waals surface area contributed by atoms with Gasteiger partial charge in [-0.3, -0.25) is 14.7 Å². The standard InChI is InChI=1S/C15H23N5O2S/c1-11(2)20-13(4-6-17-20)10-19-7-5-12(9-19)15-14(8-16-18-15)23(3,21)22/h4,6,8,11-12H,5,7,9-10H2,1-3H3,(H,16,18). The summed E-state index contributed by atoms with van der Waals surface area (Å²) in [6, 6.07) is 2.38. The van der Waals surface area contributed by atoms with Crippen molar-refractivity contribution in [3.05, 3.63) is 29.8 Å². The Labute approximate surface area is 136 Å². The molecule has 3 heterocycles. The number of likely N-dealkylation sites (tertiary alicyclic amines) is 1. The second-order valence-corrected chi connectivity index (χ2v) is 8.49. The van der Waals surface area contributed by atoms with E-state index in [1.807, 2.05) is 16.9 Å². The van der Waals surface area contributed by atoms with E-state index in [1.54, 1.807) is 0 Å². The molecule has 1 N–H and O–H groups in total. The molecule has 3 rings (SSSR count). The Morgan fingerprint density at radius 2 is 2.22 bits per heavy atom. The van der Waals surface area contributed by atoms with E-state index in [2.05, 4.69) is 34.0 Å². The number of aromatic nitrogens is 4. The van der Waals surface area contributed by atoms with E-state index in [0.717, 1.165) is 31.7 Å². The maximum Gasteiger partial charge on any atom is 0.178 e. The number of rotatable bonds is 5. The molecule has 1 atom stereocenters. The first-order chi connectivity index (χ1) is 10.9. The van der Waals surface area contributed by atoms with Gasteiger partial charge in [0.2, 0.25) is 0 Å². The second kappa shape index (κ2) is 6.09. The van der Waals surface area contributed by atoms with E-state index in [0.29, 0.717) is 10.9 Å². The van der Waals surface area contributed by atoms with Crippen molar-refractivity contribution in [2.45, 2.75) is 43.7 Å². The average molecular weight is 337 g/mol. The molecule has 126 valence electrons. The molecule has 8 heteroatoms. The van der Waals surface area contributed by atoms with Gasteiger partial charge in [0.1, 0.15) is 4.90 Å². The van der Waals surface area contributed by atoms with Crippen LogP contribution in [0, 0.1) is 0 Å². The molecule has 0 bridgehead atoms. The van der Waals surface area contributed by atoms with Crippen LogP contribution in [0.2, 0.25) is 0 Å². The van der Waals surface area contributed by atoms with Gasteiger partial charge in [0.15, 0.2) is 9.84 Å². The summed E-state index contributed by atoms with van der Waals surface area (Å²) in [4.78, 5) is 2.67. The van der Waals surface area contributed by atoms with Gasteiger partial charge in [0.05, 0.1) is 17.6 Å². The molecule has 0 saturated carbocycles. The summed E-state index contributed by atoms with van der Waals surface area (Å²) in [5.74, 6) is 0.178. The van der Waals surface area contributed by atoms with Crippen LogP contribution in [0.4, 0.5) is 0 Å². The van der Waals surface area contributed by atoms with Gasteiger partial charge in [0, 0.05) is 37.5 Å². The normalized spacial score (nSPS) is 19.7. The summed E-state index contributed by atoms with van der Waals surface area (Å²) in [6.07, 6.45) is 5.41. The Morgan fingerprint density at radius 1 is 1.43 bits per heavy atom. The van der Waals surface area contributed by atoms with E-state index in [4.69, 9.17) is 0 Å². The number of hydrogen-bond acceptors (Lipinski definition) is 5. The van der Waals surface area contributed by atoms with Crippen LogP contribution in [0.25, 0.3) is 0 Å². The first-order valence-corrected chi connectivity index (χ1v) is 9.73. The SMILES string of the molecule is CC(C)n1nccc1CN1CCC(c2[nH]ncc2S(C)(=O)=O)C1. The molecule has 1 saturated heterocycles. The highest BCUT2D eigenvalue weighted by Crippen LogP contribution is 2.30. The summed E-state index contributed by atoms with van der Waals surface area (Å²) in [5, 5.41) is 11.2. The molecule has 1 aliphatic rings. The molecular formula is C15H23N5O2S.